The molecular weight excluding hydrogens is 889 g/mol. The summed E-state index contributed by atoms with van der Waals surface area (Å²) in [6, 6.07) is 0. The molecule has 0 N–H and O–H groups in total. The van der Waals surface area contributed by atoms with Crippen molar-refractivity contribution in [2.24, 2.45) is 0 Å². The summed E-state index contributed by atoms with van der Waals surface area (Å²) in [6.07, 6.45) is 85.1. The fourth-order valence-electron chi connectivity index (χ4n) is 7.21. The first-order valence-electron chi connectivity index (χ1n) is 28.6. The zero-order valence-corrected chi connectivity index (χ0v) is 45.9. The topological polar surface area (TPSA) is 78.9 Å². The van der Waals surface area contributed by atoms with Crippen LogP contribution in [0.2, 0.25) is 0 Å². The molecule has 0 amide bonds. The van der Waals surface area contributed by atoms with Crippen LogP contribution >= 0.6 is 0 Å². The van der Waals surface area contributed by atoms with E-state index in [1.165, 1.54) is 57.8 Å². The summed E-state index contributed by atoms with van der Waals surface area (Å²) in [6.45, 7) is 6.29. The van der Waals surface area contributed by atoms with E-state index < -0.39 is 6.10 Å². The number of carbonyl (C=O) groups excluding carboxylic acids is 3. The van der Waals surface area contributed by atoms with Crippen LogP contribution in [0.5, 0.6) is 0 Å². The second kappa shape index (κ2) is 58.6. The minimum atomic E-state index is -0.827. The van der Waals surface area contributed by atoms with Gasteiger partial charge in [-0.1, -0.05) is 249 Å². The highest BCUT2D eigenvalue weighted by Gasteiger charge is 2.19. The fourth-order valence-corrected chi connectivity index (χ4v) is 7.21. The van der Waals surface area contributed by atoms with Crippen LogP contribution in [-0.2, 0) is 28.6 Å². The van der Waals surface area contributed by atoms with E-state index in [0.717, 1.165) is 109 Å². The smallest absolute Gasteiger partial charge is 0.306 e. The predicted molar refractivity (Wildman–Crippen MR) is 311 cm³/mol. The number of esters is 3. The molecule has 1 atom stereocenters. The van der Waals surface area contributed by atoms with Crippen molar-refractivity contribution < 1.29 is 28.6 Å². The Labute approximate surface area is 441 Å². The summed E-state index contributed by atoms with van der Waals surface area (Å²) in [5.41, 5.74) is 0. The van der Waals surface area contributed by atoms with Gasteiger partial charge < -0.3 is 14.2 Å². The van der Waals surface area contributed by atoms with Crippen LogP contribution in [0, 0.1) is 0 Å². The molecule has 0 aliphatic rings. The van der Waals surface area contributed by atoms with E-state index in [4.69, 9.17) is 14.2 Å². The molecule has 0 aromatic carbocycles. The number of carbonyl (C=O) groups is 3. The molecule has 0 heterocycles. The molecule has 6 nitrogen and oxygen atoms in total. The third kappa shape index (κ3) is 56.0. The maximum absolute atomic E-state index is 12.9. The fraction of sp³-hybridized carbons (Fsp3) is 0.561. The molecule has 0 rings (SSSR count). The number of hydrogen-bond acceptors (Lipinski definition) is 6. The zero-order valence-electron chi connectivity index (χ0n) is 45.9. The average molecular weight is 992 g/mol. The minimum Gasteiger partial charge on any atom is -0.462 e. The second-order valence-electron chi connectivity index (χ2n) is 18.3. The van der Waals surface area contributed by atoms with Crippen LogP contribution in [-0.4, -0.2) is 37.2 Å². The summed E-state index contributed by atoms with van der Waals surface area (Å²) < 4.78 is 16.8. The van der Waals surface area contributed by atoms with Crippen LogP contribution in [0.4, 0.5) is 0 Å². The Morgan fingerprint density at radius 2 is 0.611 bits per heavy atom. The van der Waals surface area contributed by atoms with Crippen LogP contribution in [0.15, 0.2) is 158 Å². The predicted octanol–water partition coefficient (Wildman–Crippen LogP) is 19.4. The van der Waals surface area contributed by atoms with Crippen LogP contribution in [0.1, 0.15) is 220 Å². The molecular formula is C66H102O6. The Morgan fingerprint density at radius 3 is 1.04 bits per heavy atom. The van der Waals surface area contributed by atoms with Crippen molar-refractivity contribution in [3.05, 3.63) is 158 Å². The zero-order chi connectivity index (χ0) is 52.2. The van der Waals surface area contributed by atoms with Gasteiger partial charge in [0.05, 0.1) is 0 Å². The highest BCUT2D eigenvalue weighted by atomic mass is 16.6. The number of ether oxygens (including phenoxy) is 3. The van der Waals surface area contributed by atoms with Crippen molar-refractivity contribution in [2.45, 2.75) is 226 Å². The first-order valence-corrected chi connectivity index (χ1v) is 28.6. The number of unbranched alkanes of at least 4 members (excludes halogenated alkanes) is 18. The quantitative estimate of drug-likeness (QED) is 0.0199. The Morgan fingerprint density at radius 1 is 0.306 bits per heavy atom. The normalized spacial score (nSPS) is 13.3. The molecule has 0 aliphatic heterocycles. The first-order chi connectivity index (χ1) is 35.5. The Balaban J connectivity index is 4.61. The highest BCUT2D eigenvalue weighted by Crippen LogP contribution is 2.13. The summed E-state index contributed by atoms with van der Waals surface area (Å²) in [5, 5.41) is 0. The molecule has 0 aromatic heterocycles. The van der Waals surface area contributed by atoms with E-state index in [1.54, 1.807) is 0 Å². The molecule has 1 unspecified atom stereocenters. The van der Waals surface area contributed by atoms with Crippen molar-refractivity contribution in [1.29, 1.82) is 0 Å². The van der Waals surface area contributed by atoms with Gasteiger partial charge in [-0.25, -0.2) is 0 Å². The lowest BCUT2D eigenvalue weighted by Crippen LogP contribution is -2.30. The van der Waals surface area contributed by atoms with Crippen molar-refractivity contribution in [3.63, 3.8) is 0 Å². The Hall–Kier alpha value is -4.97. The molecule has 402 valence electrons. The molecule has 0 fully saturated rings. The molecule has 0 bridgehead atoms. The van der Waals surface area contributed by atoms with E-state index in [9.17, 15) is 14.4 Å². The van der Waals surface area contributed by atoms with Gasteiger partial charge in [-0.15, -0.1) is 0 Å². The SMILES string of the molecule is CC\C=C/C=C\C=C/C=C\C=C\C=C/C=C\CCCCCC(=O)OCC(COC(=O)CCCCCCC/C=C\CCCCCCCCC)OC(=O)CCCCC/C=C\C/C=C\C/C=C\C/C=C\C/C=C\CC. The Bertz CT molecular complexity index is 1660. The molecule has 0 saturated heterocycles. The maximum Gasteiger partial charge on any atom is 0.306 e. The van der Waals surface area contributed by atoms with Gasteiger partial charge in [0.25, 0.3) is 0 Å². The van der Waals surface area contributed by atoms with E-state index in [2.05, 4.69) is 106 Å². The summed E-state index contributed by atoms with van der Waals surface area (Å²) in [4.78, 5) is 38.2. The van der Waals surface area contributed by atoms with Gasteiger partial charge in [0.1, 0.15) is 13.2 Å². The van der Waals surface area contributed by atoms with Crippen LogP contribution < -0.4 is 0 Å². The largest absolute Gasteiger partial charge is 0.462 e. The first kappa shape index (κ1) is 67.0. The van der Waals surface area contributed by atoms with E-state index in [1.807, 2.05) is 72.9 Å². The van der Waals surface area contributed by atoms with Crippen molar-refractivity contribution in [3.8, 4) is 0 Å². The average Bonchev–Trinajstić information content (AvgIpc) is 3.38. The maximum atomic E-state index is 12.9. The van der Waals surface area contributed by atoms with E-state index in [-0.39, 0.29) is 44.0 Å². The number of allylic oxidation sites excluding steroid dienone is 26. The highest BCUT2D eigenvalue weighted by molar-refractivity contribution is 5.71. The van der Waals surface area contributed by atoms with Crippen LogP contribution in [0.25, 0.3) is 0 Å². The minimum absolute atomic E-state index is 0.118. The van der Waals surface area contributed by atoms with E-state index in [0.29, 0.717) is 19.3 Å². The third-order valence-corrected chi connectivity index (χ3v) is 11.4. The van der Waals surface area contributed by atoms with Gasteiger partial charge in [-0.2, -0.15) is 0 Å². The number of rotatable bonds is 49. The van der Waals surface area contributed by atoms with Crippen LogP contribution in [0.3, 0.4) is 0 Å². The second-order valence-corrected chi connectivity index (χ2v) is 18.3. The molecule has 6 heteroatoms. The molecule has 0 aromatic rings. The summed E-state index contributed by atoms with van der Waals surface area (Å²) in [5.74, 6) is -1.01. The van der Waals surface area contributed by atoms with Gasteiger partial charge in [-0.3, -0.25) is 14.4 Å². The third-order valence-electron chi connectivity index (χ3n) is 11.4. The van der Waals surface area contributed by atoms with Crippen molar-refractivity contribution in [2.75, 3.05) is 13.2 Å². The number of hydrogen-bond donors (Lipinski definition) is 0. The molecule has 0 aliphatic carbocycles. The summed E-state index contributed by atoms with van der Waals surface area (Å²) >= 11 is 0. The molecule has 0 saturated carbocycles. The van der Waals surface area contributed by atoms with Gasteiger partial charge in [0.15, 0.2) is 6.10 Å². The van der Waals surface area contributed by atoms with Crippen molar-refractivity contribution in [1.82, 2.24) is 0 Å². The molecule has 72 heavy (non-hydrogen) atoms. The Kier molecular flexibility index (Phi) is 54.6. The lowest BCUT2D eigenvalue weighted by atomic mass is 10.1. The van der Waals surface area contributed by atoms with E-state index >= 15 is 0 Å². The van der Waals surface area contributed by atoms with Crippen molar-refractivity contribution >= 4 is 17.9 Å². The standard InChI is InChI=1S/C66H102O6/c1-4-7-10-13-16-19-22-25-28-31-33-35-38-41-44-47-50-53-56-59-65(68)71-62-63(61-70-64(67)58-55-52-49-46-43-40-37-30-27-24-21-18-15-12-9-6-3)72-66(69)60-57-54-51-48-45-42-39-36-34-32-29-26-23-20-17-14-11-8-5-2/h7-8,10-11,13,16-17,19-20,22,25-26,28-31,33-38,41-42,44-45,63H,4-6,9,12,14-15,18,21,23-24,27,32,39-40,43,46-62H2,1-3H3/b10-7-,11-8-,16-13-,20-17-,22-19-,28-25-,29-26-,33-31+,36-34-,37-30-,38-35-,44-41-,45-42-. The van der Waals surface area contributed by atoms with Gasteiger partial charge in [0.2, 0.25) is 0 Å². The lowest BCUT2D eigenvalue weighted by molar-refractivity contribution is -0.167. The van der Waals surface area contributed by atoms with Gasteiger partial charge in [-0.05, 0) is 109 Å². The molecule has 0 spiro atoms. The monoisotopic (exact) mass is 991 g/mol. The van der Waals surface area contributed by atoms with Gasteiger partial charge in [0, 0.05) is 19.3 Å². The van der Waals surface area contributed by atoms with Gasteiger partial charge >= 0.3 is 17.9 Å². The molecule has 0 radical (unpaired) electrons. The lowest BCUT2D eigenvalue weighted by Gasteiger charge is -2.18. The summed E-state index contributed by atoms with van der Waals surface area (Å²) in [7, 11) is 0.